The second-order valence-electron chi connectivity index (χ2n) is 9.15. The number of aliphatic carboxylic acids is 1. The molecular formula is C25H31ClN4O4S. The number of pyridine rings is 2. The first kappa shape index (κ1) is 28.2. The molecule has 0 saturated carbocycles. The number of likely N-dealkylation sites (N-methyl/N-ethyl adjacent to an activating group) is 1. The number of hydrogen-bond donors (Lipinski definition) is 1. The summed E-state index contributed by atoms with van der Waals surface area (Å²) in [6.07, 6.45) is 2.85. The molecule has 0 amide bonds. The van der Waals surface area contributed by atoms with Gasteiger partial charge in [0.1, 0.15) is 17.3 Å². The minimum absolute atomic E-state index is 0. The molecule has 2 aromatic heterocycles. The molecule has 0 unspecified atom stereocenters. The minimum atomic E-state index is -3.86. The zero-order valence-corrected chi connectivity index (χ0v) is 21.9. The molecule has 188 valence electrons. The third-order valence-electron chi connectivity index (χ3n) is 5.35. The Morgan fingerprint density at radius 2 is 1.69 bits per heavy atom. The van der Waals surface area contributed by atoms with E-state index in [1.165, 1.54) is 27.7 Å². The Labute approximate surface area is 213 Å². The van der Waals surface area contributed by atoms with Crippen LogP contribution in [0.5, 0.6) is 0 Å². The molecule has 35 heavy (non-hydrogen) atoms. The van der Waals surface area contributed by atoms with Crippen LogP contribution in [-0.4, -0.2) is 47.4 Å². The molecule has 10 heteroatoms. The van der Waals surface area contributed by atoms with Crippen LogP contribution in [-0.2, 0) is 33.3 Å². The highest BCUT2D eigenvalue weighted by molar-refractivity contribution is 7.89. The van der Waals surface area contributed by atoms with Gasteiger partial charge in [-0.15, -0.1) is 12.4 Å². The number of aromatic nitrogens is 2. The Morgan fingerprint density at radius 1 is 1.00 bits per heavy atom. The molecule has 3 rings (SSSR count). The molecule has 8 nitrogen and oxygen atoms in total. The van der Waals surface area contributed by atoms with Crippen LogP contribution in [0.15, 0.2) is 71.9 Å². The highest BCUT2D eigenvalue weighted by Gasteiger charge is 2.26. The summed E-state index contributed by atoms with van der Waals surface area (Å²) < 4.78 is 28.4. The number of hydrogen-bond acceptors (Lipinski definition) is 6. The molecule has 0 aliphatic heterocycles. The molecule has 0 aliphatic carbocycles. The number of rotatable bonds is 9. The maximum Gasteiger partial charge on any atom is 0.323 e. The number of halogens is 1. The van der Waals surface area contributed by atoms with E-state index in [-0.39, 0.29) is 42.4 Å². The van der Waals surface area contributed by atoms with E-state index in [1.807, 2.05) is 24.3 Å². The standard InChI is InChI=1S/C25H30N4O4S.ClH/c1-25(2,3)20-12-10-19(11-13-20)16-29(34(32,33)22-8-6-14-26-15-22)17-21-7-5-9-23(27-21)28(4)18-24(30)31;/h5-15H,16-18H2,1-4H3,(H,30,31);1H. The third-order valence-corrected chi connectivity index (χ3v) is 7.12. The first-order chi connectivity index (χ1) is 16.0. The zero-order chi connectivity index (χ0) is 24.9. The van der Waals surface area contributed by atoms with Gasteiger partial charge in [-0.25, -0.2) is 13.4 Å². The van der Waals surface area contributed by atoms with E-state index in [0.717, 1.165) is 11.1 Å². The number of carboxylic acids is 1. The van der Waals surface area contributed by atoms with Crippen molar-refractivity contribution in [2.45, 2.75) is 44.2 Å². The molecule has 0 spiro atoms. The quantitative estimate of drug-likeness (QED) is 0.454. The monoisotopic (exact) mass is 518 g/mol. The molecule has 2 heterocycles. The van der Waals surface area contributed by atoms with Crippen LogP contribution in [0.2, 0.25) is 0 Å². The van der Waals surface area contributed by atoms with Crippen LogP contribution in [0.1, 0.15) is 37.6 Å². The van der Waals surface area contributed by atoms with Crippen molar-refractivity contribution in [1.29, 1.82) is 0 Å². The minimum Gasteiger partial charge on any atom is -0.480 e. The lowest BCUT2D eigenvalue weighted by Crippen LogP contribution is -2.31. The topological polar surface area (TPSA) is 104 Å². The van der Waals surface area contributed by atoms with E-state index in [1.54, 1.807) is 31.3 Å². The molecule has 3 aromatic rings. The fourth-order valence-corrected chi connectivity index (χ4v) is 4.78. The molecule has 0 atom stereocenters. The Balaban J connectivity index is 0.00000432. The van der Waals surface area contributed by atoms with E-state index in [4.69, 9.17) is 5.11 Å². The van der Waals surface area contributed by atoms with Gasteiger partial charge in [0.15, 0.2) is 0 Å². The van der Waals surface area contributed by atoms with Crippen LogP contribution >= 0.6 is 12.4 Å². The lowest BCUT2D eigenvalue weighted by molar-refractivity contribution is -0.135. The molecular weight excluding hydrogens is 488 g/mol. The Morgan fingerprint density at radius 3 is 2.26 bits per heavy atom. The fourth-order valence-electron chi connectivity index (χ4n) is 3.42. The maximum atomic E-state index is 13.5. The summed E-state index contributed by atoms with van der Waals surface area (Å²) in [7, 11) is -2.24. The highest BCUT2D eigenvalue weighted by atomic mass is 35.5. The van der Waals surface area contributed by atoms with Gasteiger partial charge in [-0.05, 0) is 40.8 Å². The summed E-state index contributed by atoms with van der Waals surface area (Å²) >= 11 is 0. The number of carboxylic acid groups (broad SMARTS) is 1. The van der Waals surface area contributed by atoms with Crippen LogP contribution in [0, 0.1) is 0 Å². The second kappa shape index (κ2) is 11.6. The van der Waals surface area contributed by atoms with Gasteiger partial charge in [0.2, 0.25) is 10.0 Å². The van der Waals surface area contributed by atoms with Crippen LogP contribution < -0.4 is 4.90 Å². The van der Waals surface area contributed by atoms with Gasteiger partial charge in [0.25, 0.3) is 0 Å². The van der Waals surface area contributed by atoms with E-state index in [9.17, 15) is 13.2 Å². The van der Waals surface area contributed by atoms with Crippen LogP contribution in [0.3, 0.4) is 0 Å². The third kappa shape index (κ3) is 7.48. The van der Waals surface area contributed by atoms with Gasteiger partial charge in [0, 0.05) is 26.0 Å². The normalized spacial score (nSPS) is 11.7. The van der Waals surface area contributed by atoms with Gasteiger partial charge in [-0.2, -0.15) is 4.31 Å². The van der Waals surface area contributed by atoms with Gasteiger partial charge in [-0.1, -0.05) is 51.1 Å². The van der Waals surface area contributed by atoms with Gasteiger partial charge < -0.3 is 10.0 Å². The predicted molar refractivity (Wildman–Crippen MR) is 138 cm³/mol. The average Bonchev–Trinajstić information content (AvgIpc) is 2.79. The average molecular weight is 519 g/mol. The highest BCUT2D eigenvalue weighted by Crippen LogP contribution is 2.25. The summed E-state index contributed by atoms with van der Waals surface area (Å²) in [5.41, 5.74) is 2.51. The second-order valence-corrected chi connectivity index (χ2v) is 11.1. The molecule has 0 radical (unpaired) electrons. The van der Waals surface area contributed by atoms with E-state index >= 15 is 0 Å². The van der Waals surface area contributed by atoms with Crippen molar-refractivity contribution in [1.82, 2.24) is 14.3 Å². The Kier molecular flexibility index (Phi) is 9.37. The van der Waals surface area contributed by atoms with E-state index < -0.39 is 16.0 Å². The Bertz CT molecular complexity index is 1230. The van der Waals surface area contributed by atoms with E-state index in [2.05, 4.69) is 30.7 Å². The van der Waals surface area contributed by atoms with Crippen molar-refractivity contribution in [3.63, 3.8) is 0 Å². The molecule has 0 bridgehead atoms. The lowest BCUT2D eigenvalue weighted by Gasteiger charge is -2.24. The first-order valence-electron chi connectivity index (χ1n) is 10.9. The van der Waals surface area contributed by atoms with Crippen molar-refractivity contribution in [2.75, 3.05) is 18.5 Å². The summed E-state index contributed by atoms with van der Waals surface area (Å²) in [4.78, 5) is 21.1. The fraction of sp³-hybridized carbons (Fsp3) is 0.320. The molecule has 0 aliphatic rings. The SMILES string of the molecule is CN(CC(=O)O)c1cccc(CN(Cc2ccc(C(C)(C)C)cc2)S(=O)(=O)c2cccnc2)n1.Cl. The number of carbonyl (C=O) groups is 1. The molecule has 1 N–H and O–H groups in total. The van der Waals surface area contributed by atoms with Crippen molar-refractivity contribution in [3.8, 4) is 0 Å². The number of sulfonamides is 1. The Hall–Kier alpha value is -3.01. The number of benzene rings is 1. The predicted octanol–water partition coefficient (Wildman–Crippen LogP) is 4.11. The number of nitrogens with zero attached hydrogens (tertiary/aromatic N) is 4. The van der Waals surface area contributed by atoms with Crippen molar-refractivity contribution in [2.24, 2.45) is 0 Å². The summed E-state index contributed by atoms with van der Waals surface area (Å²) in [5.74, 6) is -0.526. The first-order valence-corrected chi connectivity index (χ1v) is 12.3. The largest absolute Gasteiger partial charge is 0.480 e. The van der Waals surface area contributed by atoms with Gasteiger partial charge >= 0.3 is 5.97 Å². The summed E-state index contributed by atoms with van der Waals surface area (Å²) in [6, 6.07) is 16.2. The van der Waals surface area contributed by atoms with Crippen LogP contribution in [0.4, 0.5) is 5.82 Å². The zero-order valence-electron chi connectivity index (χ0n) is 20.2. The van der Waals surface area contributed by atoms with Crippen LogP contribution in [0.25, 0.3) is 0 Å². The molecule has 1 aromatic carbocycles. The van der Waals surface area contributed by atoms with Crippen molar-refractivity contribution >= 4 is 34.2 Å². The van der Waals surface area contributed by atoms with Crippen molar-refractivity contribution in [3.05, 3.63) is 83.8 Å². The molecule has 0 fully saturated rings. The van der Waals surface area contributed by atoms with Gasteiger partial charge in [-0.3, -0.25) is 9.78 Å². The summed E-state index contributed by atoms with van der Waals surface area (Å²) in [5, 5.41) is 9.06. The van der Waals surface area contributed by atoms with E-state index in [0.29, 0.717) is 11.5 Å². The summed E-state index contributed by atoms with van der Waals surface area (Å²) in [6.45, 7) is 6.34. The smallest absolute Gasteiger partial charge is 0.323 e. The maximum absolute atomic E-state index is 13.5. The lowest BCUT2D eigenvalue weighted by atomic mass is 9.87. The molecule has 0 saturated heterocycles. The van der Waals surface area contributed by atoms with Crippen molar-refractivity contribution < 1.29 is 18.3 Å². The number of anilines is 1. The van der Waals surface area contributed by atoms with Gasteiger partial charge in [0.05, 0.1) is 12.2 Å².